The van der Waals surface area contributed by atoms with E-state index in [1.54, 1.807) is 0 Å². The predicted octanol–water partition coefficient (Wildman–Crippen LogP) is 3.60. The quantitative estimate of drug-likeness (QED) is 0.899. The summed E-state index contributed by atoms with van der Waals surface area (Å²) in [6, 6.07) is 2.74. The van der Waals surface area contributed by atoms with Gasteiger partial charge in [-0.25, -0.2) is 0 Å². The molecule has 3 heteroatoms. The lowest BCUT2D eigenvalue weighted by Crippen LogP contribution is -2.43. The van der Waals surface area contributed by atoms with Gasteiger partial charge in [-0.1, -0.05) is 27.7 Å². The molecule has 1 aromatic rings. The van der Waals surface area contributed by atoms with Crippen LogP contribution in [0.4, 0.5) is 0 Å². The van der Waals surface area contributed by atoms with Crippen LogP contribution < -0.4 is 5.32 Å². The third kappa shape index (κ3) is 3.82. The number of hydrogen-bond donors (Lipinski definition) is 1. The van der Waals surface area contributed by atoms with Crippen LogP contribution in [0.2, 0.25) is 0 Å². The van der Waals surface area contributed by atoms with Crippen LogP contribution in [0.15, 0.2) is 12.3 Å². The standard InChI is InChI=1S/C16H29N3/c1-6-19-14(7-8-18-19)11-17-13-9-15(2,3)12-16(4,5)10-13/h7-8,13,17H,6,9-12H2,1-5H3. The summed E-state index contributed by atoms with van der Waals surface area (Å²) >= 11 is 0. The van der Waals surface area contributed by atoms with Crippen molar-refractivity contribution in [1.82, 2.24) is 15.1 Å². The first-order valence-electron chi connectivity index (χ1n) is 7.55. The maximum Gasteiger partial charge on any atom is 0.0522 e. The van der Waals surface area contributed by atoms with Crippen LogP contribution in [0, 0.1) is 10.8 Å². The Balaban J connectivity index is 1.96. The number of hydrogen-bond acceptors (Lipinski definition) is 2. The van der Waals surface area contributed by atoms with Gasteiger partial charge in [0, 0.05) is 25.3 Å². The highest BCUT2D eigenvalue weighted by Gasteiger charge is 2.38. The lowest BCUT2D eigenvalue weighted by molar-refractivity contribution is 0.0842. The van der Waals surface area contributed by atoms with Gasteiger partial charge in [-0.15, -0.1) is 0 Å². The Morgan fingerprint density at radius 1 is 1.26 bits per heavy atom. The Labute approximate surface area is 117 Å². The van der Waals surface area contributed by atoms with Crippen LogP contribution in [-0.2, 0) is 13.1 Å². The fraction of sp³-hybridized carbons (Fsp3) is 0.812. The summed E-state index contributed by atoms with van der Waals surface area (Å²) in [4.78, 5) is 0. The van der Waals surface area contributed by atoms with Crippen molar-refractivity contribution < 1.29 is 0 Å². The first-order valence-corrected chi connectivity index (χ1v) is 7.55. The number of aryl methyl sites for hydroxylation is 1. The van der Waals surface area contributed by atoms with Gasteiger partial charge >= 0.3 is 0 Å². The molecule has 0 amide bonds. The molecule has 0 bridgehead atoms. The Kier molecular flexibility index (Phi) is 4.05. The molecular formula is C16H29N3. The largest absolute Gasteiger partial charge is 0.308 e. The highest BCUT2D eigenvalue weighted by atomic mass is 15.3. The van der Waals surface area contributed by atoms with Gasteiger partial charge in [0.05, 0.1) is 5.69 Å². The van der Waals surface area contributed by atoms with Crippen molar-refractivity contribution in [2.24, 2.45) is 10.8 Å². The lowest BCUT2D eigenvalue weighted by Gasteiger charge is -2.45. The van der Waals surface area contributed by atoms with Gasteiger partial charge < -0.3 is 5.32 Å². The van der Waals surface area contributed by atoms with E-state index in [-0.39, 0.29) is 0 Å². The van der Waals surface area contributed by atoms with Crippen LogP contribution in [0.1, 0.15) is 59.6 Å². The van der Waals surface area contributed by atoms with Crippen LogP contribution in [0.3, 0.4) is 0 Å². The van der Waals surface area contributed by atoms with Crippen LogP contribution >= 0.6 is 0 Å². The Morgan fingerprint density at radius 2 is 1.89 bits per heavy atom. The summed E-state index contributed by atoms with van der Waals surface area (Å²) in [5.41, 5.74) is 2.19. The number of nitrogens with zero attached hydrogens (tertiary/aromatic N) is 2. The molecule has 0 unspecified atom stereocenters. The Morgan fingerprint density at radius 3 is 2.47 bits per heavy atom. The molecule has 1 heterocycles. The first-order chi connectivity index (χ1) is 8.81. The van der Waals surface area contributed by atoms with Crippen LogP contribution in [-0.4, -0.2) is 15.8 Å². The zero-order valence-electron chi connectivity index (χ0n) is 13.2. The lowest BCUT2D eigenvalue weighted by atomic mass is 9.63. The summed E-state index contributed by atoms with van der Waals surface area (Å²) in [5.74, 6) is 0. The summed E-state index contributed by atoms with van der Waals surface area (Å²) in [5, 5.41) is 8.08. The third-order valence-electron chi connectivity index (χ3n) is 4.23. The predicted molar refractivity (Wildman–Crippen MR) is 79.9 cm³/mol. The van der Waals surface area contributed by atoms with Crippen molar-refractivity contribution in [3.05, 3.63) is 18.0 Å². The molecule has 19 heavy (non-hydrogen) atoms. The molecule has 1 aliphatic rings. The van der Waals surface area contributed by atoms with Gasteiger partial charge in [-0.05, 0) is 43.1 Å². The minimum atomic E-state index is 0.449. The molecule has 3 nitrogen and oxygen atoms in total. The van der Waals surface area contributed by atoms with Gasteiger partial charge in [0.2, 0.25) is 0 Å². The molecule has 1 aliphatic carbocycles. The van der Waals surface area contributed by atoms with E-state index in [4.69, 9.17) is 0 Å². The van der Waals surface area contributed by atoms with E-state index in [0.29, 0.717) is 16.9 Å². The topological polar surface area (TPSA) is 29.9 Å². The molecule has 0 radical (unpaired) electrons. The van der Waals surface area contributed by atoms with E-state index >= 15 is 0 Å². The van der Waals surface area contributed by atoms with Crippen molar-refractivity contribution in [1.29, 1.82) is 0 Å². The average Bonchev–Trinajstić information content (AvgIpc) is 2.69. The molecule has 1 N–H and O–H groups in total. The maximum atomic E-state index is 4.33. The van der Waals surface area contributed by atoms with E-state index in [9.17, 15) is 0 Å². The summed E-state index contributed by atoms with van der Waals surface area (Å²) in [7, 11) is 0. The Hall–Kier alpha value is -0.830. The molecule has 108 valence electrons. The molecule has 0 spiro atoms. The number of nitrogens with one attached hydrogen (secondary N) is 1. The number of aromatic nitrogens is 2. The highest BCUT2D eigenvalue weighted by Crippen LogP contribution is 2.45. The second-order valence-electron chi connectivity index (χ2n) is 7.63. The molecule has 1 aromatic heterocycles. The van der Waals surface area contributed by atoms with Crippen molar-refractivity contribution >= 4 is 0 Å². The molecule has 1 saturated carbocycles. The van der Waals surface area contributed by atoms with Gasteiger partial charge in [0.1, 0.15) is 0 Å². The number of rotatable bonds is 4. The molecule has 0 saturated heterocycles. The molecule has 0 atom stereocenters. The van der Waals surface area contributed by atoms with E-state index in [0.717, 1.165) is 13.1 Å². The zero-order chi connectivity index (χ0) is 14.1. The monoisotopic (exact) mass is 263 g/mol. The SMILES string of the molecule is CCn1nccc1CNC1CC(C)(C)CC(C)(C)C1. The molecule has 2 rings (SSSR count). The molecular weight excluding hydrogens is 234 g/mol. The first kappa shape index (κ1) is 14.6. The van der Waals surface area contributed by atoms with Gasteiger partial charge in [-0.2, -0.15) is 5.10 Å². The fourth-order valence-electron chi connectivity index (χ4n) is 4.03. The minimum Gasteiger partial charge on any atom is -0.308 e. The smallest absolute Gasteiger partial charge is 0.0522 e. The third-order valence-corrected chi connectivity index (χ3v) is 4.23. The highest BCUT2D eigenvalue weighted by molar-refractivity contribution is 5.01. The molecule has 0 aromatic carbocycles. The summed E-state index contributed by atoms with van der Waals surface area (Å²) in [6.45, 7) is 13.6. The second-order valence-corrected chi connectivity index (χ2v) is 7.63. The van der Waals surface area contributed by atoms with E-state index in [1.165, 1.54) is 25.0 Å². The maximum absolute atomic E-state index is 4.33. The van der Waals surface area contributed by atoms with Gasteiger partial charge in [0.25, 0.3) is 0 Å². The van der Waals surface area contributed by atoms with Crippen molar-refractivity contribution in [2.75, 3.05) is 0 Å². The average molecular weight is 263 g/mol. The van der Waals surface area contributed by atoms with E-state index in [2.05, 4.69) is 55.8 Å². The van der Waals surface area contributed by atoms with Crippen molar-refractivity contribution in [2.45, 2.75) is 73.0 Å². The molecule has 1 fully saturated rings. The molecule has 0 aliphatic heterocycles. The van der Waals surface area contributed by atoms with Crippen molar-refractivity contribution in [3.8, 4) is 0 Å². The van der Waals surface area contributed by atoms with Gasteiger partial charge in [-0.3, -0.25) is 4.68 Å². The normalized spacial score (nSPS) is 22.6. The summed E-state index contributed by atoms with van der Waals surface area (Å²) < 4.78 is 2.08. The Bertz CT molecular complexity index is 401. The summed E-state index contributed by atoms with van der Waals surface area (Å²) in [6.07, 6.45) is 5.77. The van der Waals surface area contributed by atoms with Crippen LogP contribution in [0.5, 0.6) is 0 Å². The van der Waals surface area contributed by atoms with Crippen molar-refractivity contribution in [3.63, 3.8) is 0 Å². The minimum absolute atomic E-state index is 0.449. The van der Waals surface area contributed by atoms with Crippen LogP contribution in [0.25, 0.3) is 0 Å². The van der Waals surface area contributed by atoms with Gasteiger partial charge in [0.15, 0.2) is 0 Å². The fourth-order valence-corrected chi connectivity index (χ4v) is 4.03. The zero-order valence-corrected chi connectivity index (χ0v) is 13.2. The van der Waals surface area contributed by atoms with E-state index < -0.39 is 0 Å². The second kappa shape index (κ2) is 5.28. The van der Waals surface area contributed by atoms with E-state index in [1.807, 2.05) is 6.20 Å².